The maximum atomic E-state index is 13.1. The number of hydrogen-bond donors (Lipinski definition) is 5. The van der Waals surface area contributed by atoms with Crippen LogP contribution < -0.4 is 22.5 Å². The number of carbonyl (C=O) groups excluding carboxylic acids is 2. The van der Waals surface area contributed by atoms with Crippen molar-refractivity contribution in [3.05, 3.63) is 78.0 Å². The Morgan fingerprint density at radius 1 is 1.08 bits per heavy atom. The van der Waals surface area contributed by atoms with Gasteiger partial charge in [0.2, 0.25) is 5.91 Å². The Labute approximate surface area is 224 Å². The molecule has 0 saturated heterocycles. The van der Waals surface area contributed by atoms with Crippen LogP contribution in [0.1, 0.15) is 34.8 Å². The molecule has 0 aliphatic carbocycles. The molecule has 1 unspecified atom stereocenters. The zero-order valence-electron chi connectivity index (χ0n) is 21.4. The van der Waals surface area contributed by atoms with Gasteiger partial charge in [-0.25, -0.2) is 4.98 Å². The largest absolute Gasteiger partial charge is 0.370 e. The lowest BCUT2D eigenvalue weighted by Crippen LogP contribution is -2.27. The van der Waals surface area contributed by atoms with Crippen LogP contribution in [0.15, 0.2) is 71.9 Å². The molecular formula is C28H29N9O2. The Hall–Kier alpha value is -5.19. The fraction of sp³-hybridized carbons (Fsp3) is 0.179. The lowest BCUT2D eigenvalue weighted by molar-refractivity contribution is -0.121. The summed E-state index contributed by atoms with van der Waals surface area (Å²) >= 11 is 0. The van der Waals surface area contributed by atoms with Crippen molar-refractivity contribution in [2.75, 3.05) is 11.9 Å². The van der Waals surface area contributed by atoms with Gasteiger partial charge in [-0.15, -0.1) is 0 Å². The summed E-state index contributed by atoms with van der Waals surface area (Å²) in [5, 5.41) is 10.8. The Morgan fingerprint density at radius 2 is 1.92 bits per heavy atom. The first kappa shape index (κ1) is 25.5. The van der Waals surface area contributed by atoms with Crippen LogP contribution >= 0.6 is 0 Å². The zero-order valence-corrected chi connectivity index (χ0v) is 21.4. The number of H-pyrrole nitrogens is 1. The molecular weight excluding hydrogens is 494 g/mol. The number of rotatable bonds is 9. The molecule has 0 aliphatic rings. The number of nitrogens with one attached hydrogen (secondary N) is 2. The number of amides is 2. The number of nitrogens with two attached hydrogens (primary N) is 3. The summed E-state index contributed by atoms with van der Waals surface area (Å²) in [4.78, 5) is 34.7. The predicted octanol–water partition coefficient (Wildman–Crippen LogP) is 3.22. The summed E-state index contributed by atoms with van der Waals surface area (Å²) in [6.07, 6.45) is 2.67. The molecule has 198 valence electrons. The number of aromatic nitrogens is 4. The highest BCUT2D eigenvalue weighted by Crippen LogP contribution is 2.32. The summed E-state index contributed by atoms with van der Waals surface area (Å²) in [6.45, 7) is 2.35. The molecule has 2 heterocycles. The minimum Gasteiger partial charge on any atom is -0.370 e. The second kappa shape index (κ2) is 10.7. The van der Waals surface area contributed by atoms with E-state index in [1.54, 1.807) is 24.4 Å². The number of nitrogens with zero attached hydrogens (tertiary/aromatic N) is 4. The van der Waals surface area contributed by atoms with E-state index >= 15 is 0 Å². The van der Waals surface area contributed by atoms with Gasteiger partial charge in [-0.2, -0.15) is 5.10 Å². The van der Waals surface area contributed by atoms with Gasteiger partial charge < -0.3 is 27.1 Å². The van der Waals surface area contributed by atoms with E-state index in [0.717, 1.165) is 22.0 Å². The van der Waals surface area contributed by atoms with Crippen molar-refractivity contribution >= 4 is 45.4 Å². The van der Waals surface area contributed by atoms with Crippen LogP contribution in [0.5, 0.6) is 0 Å². The van der Waals surface area contributed by atoms with Crippen molar-refractivity contribution in [3.63, 3.8) is 0 Å². The number of imidazole rings is 1. The molecule has 0 aliphatic heterocycles. The highest BCUT2D eigenvalue weighted by atomic mass is 16.2. The summed E-state index contributed by atoms with van der Waals surface area (Å²) in [5.74, 6) is -0.203. The van der Waals surface area contributed by atoms with E-state index < -0.39 is 11.9 Å². The van der Waals surface area contributed by atoms with Crippen molar-refractivity contribution in [2.24, 2.45) is 22.2 Å². The Kier molecular flexibility index (Phi) is 6.96. The standard InChI is InChI=1S/C28H29N9O2/c1-16-4-2-5-17(12-16)26-35-22-13-18(27(39)34-20-9-7-19-15-33-36-21(19)14-20)8-10-23(22)37(26)24(25(29)38)6-3-11-32-28(30)31/h2,4-5,7-10,12-15,24H,3,6,11H2,1H3,(H2,29,38)(H,33,36)(H,34,39)(H4,30,31,32). The van der Waals surface area contributed by atoms with Crippen molar-refractivity contribution < 1.29 is 9.59 Å². The predicted molar refractivity (Wildman–Crippen MR) is 152 cm³/mol. The van der Waals surface area contributed by atoms with Crippen molar-refractivity contribution in [1.29, 1.82) is 0 Å². The van der Waals surface area contributed by atoms with Crippen molar-refractivity contribution in [2.45, 2.75) is 25.8 Å². The van der Waals surface area contributed by atoms with Gasteiger partial charge in [0.1, 0.15) is 11.9 Å². The van der Waals surface area contributed by atoms with E-state index in [9.17, 15) is 9.59 Å². The molecule has 0 fully saturated rings. The molecule has 2 amide bonds. The number of anilines is 1. The summed E-state index contributed by atoms with van der Waals surface area (Å²) in [6, 6.07) is 17.9. The third-order valence-corrected chi connectivity index (χ3v) is 6.50. The molecule has 0 spiro atoms. The first-order valence-electron chi connectivity index (χ1n) is 12.5. The number of fused-ring (bicyclic) bond motifs is 2. The minimum atomic E-state index is -0.694. The SMILES string of the molecule is Cc1cccc(-c2nc3cc(C(=O)Nc4ccc5cn[nH]c5c4)ccc3n2C(CCCN=C(N)N)C(N)=O)c1. The topological polar surface area (TPSA) is 183 Å². The van der Waals surface area contributed by atoms with Gasteiger partial charge in [0.15, 0.2) is 5.96 Å². The molecule has 3 aromatic carbocycles. The molecule has 8 N–H and O–H groups in total. The Morgan fingerprint density at radius 3 is 2.69 bits per heavy atom. The van der Waals surface area contributed by atoms with E-state index in [-0.39, 0.29) is 11.9 Å². The van der Waals surface area contributed by atoms with Gasteiger partial charge in [-0.3, -0.25) is 19.7 Å². The number of guanidine groups is 1. The highest BCUT2D eigenvalue weighted by Gasteiger charge is 2.25. The van der Waals surface area contributed by atoms with Crippen LogP contribution in [-0.4, -0.2) is 44.1 Å². The van der Waals surface area contributed by atoms with Gasteiger partial charge >= 0.3 is 0 Å². The second-order valence-corrected chi connectivity index (χ2v) is 9.37. The average molecular weight is 524 g/mol. The maximum Gasteiger partial charge on any atom is 0.255 e. The number of aromatic amines is 1. The van der Waals surface area contributed by atoms with Crippen LogP contribution in [-0.2, 0) is 4.79 Å². The molecule has 2 aromatic heterocycles. The van der Waals surface area contributed by atoms with E-state index in [1.807, 2.05) is 54.0 Å². The van der Waals surface area contributed by atoms with E-state index in [2.05, 4.69) is 20.5 Å². The lowest BCUT2D eigenvalue weighted by atomic mass is 10.1. The van der Waals surface area contributed by atoms with Crippen molar-refractivity contribution in [3.8, 4) is 11.4 Å². The van der Waals surface area contributed by atoms with Gasteiger partial charge in [0.25, 0.3) is 5.91 Å². The second-order valence-electron chi connectivity index (χ2n) is 9.37. The number of hydrogen-bond acceptors (Lipinski definition) is 5. The molecule has 11 heteroatoms. The maximum absolute atomic E-state index is 13.1. The molecule has 5 aromatic rings. The molecule has 1 atom stereocenters. The summed E-state index contributed by atoms with van der Waals surface area (Å²) < 4.78 is 1.84. The normalized spacial score (nSPS) is 11.9. The Balaban J connectivity index is 1.53. The fourth-order valence-electron chi connectivity index (χ4n) is 4.65. The van der Waals surface area contributed by atoms with Crippen LogP contribution in [0, 0.1) is 6.92 Å². The molecule has 0 radical (unpaired) electrons. The van der Waals surface area contributed by atoms with E-state index in [0.29, 0.717) is 47.5 Å². The minimum absolute atomic E-state index is 0.00514. The molecule has 0 saturated carbocycles. The summed E-state index contributed by atoms with van der Waals surface area (Å²) in [5.41, 5.74) is 21.8. The highest BCUT2D eigenvalue weighted by molar-refractivity contribution is 6.07. The first-order valence-corrected chi connectivity index (χ1v) is 12.5. The number of primary amides is 1. The molecule has 5 rings (SSSR count). The number of carbonyl (C=O) groups is 2. The average Bonchev–Trinajstić information content (AvgIpc) is 3.52. The molecule has 0 bridgehead atoms. The van der Waals surface area contributed by atoms with E-state index in [1.165, 1.54) is 0 Å². The van der Waals surface area contributed by atoms with Gasteiger partial charge in [0, 0.05) is 28.7 Å². The number of aliphatic imine (C=N–C) groups is 1. The number of benzene rings is 3. The molecule has 11 nitrogen and oxygen atoms in total. The van der Waals surface area contributed by atoms with Crippen LogP contribution in [0.2, 0.25) is 0 Å². The monoisotopic (exact) mass is 523 g/mol. The van der Waals surface area contributed by atoms with Gasteiger partial charge in [0.05, 0.1) is 22.7 Å². The van der Waals surface area contributed by atoms with Crippen LogP contribution in [0.25, 0.3) is 33.3 Å². The molecule has 39 heavy (non-hydrogen) atoms. The van der Waals surface area contributed by atoms with Gasteiger partial charge in [-0.1, -0.05) is 23.8 Å². The van der Waals surface area contributed by atoms with E-state index in [4.69, 9.17) is 22.2 Å². The lowest BCUT2D eigenvalue weighted by Gasteiger charge is -2.19. The third-order valence-electron chi connectivity index (χ3n) is 6.50. The number of aryl methyl sites for hydroxylation is 1. The van der Waals surface area contributed by atoms with Crippen molar-refractivity contribution in [1.82, 2.24) is 19.7 Å². The first-order chi connectivity index (χ1) is 18.8. The zero-order chi connectivity index (χ0) is 27.5. The Bertz CT molecular complexity index is 1710. The smallest absolute Gasteiger partial charge is 0.255 e. The van der Waals surface area contributed by atoms with Crippen LogP contribution in [0.4, 0.5) is 5.69 Å². The summed E-state index contributed by atoms with van der Waals surface area (Å²) in [7, 11) is 0. The third kappa shape index (κ3) is 5.42. The van der Waals surface area contributed by atoms with Crippen LogP contribution in [0.3, 0.4) is 0 Å². The fourth-order valence-corrected chi connectivity index (χ4v) is 4.65. The quantitative estimate of drug-likeness (QED) is 0.112. The van der Waals surface area contributed by atoms with Gasteiger partial charge in [-0.05, 0) is 62.2 Å².